The van der Waals surface area contributed by atoms with Crippen LogP contribution in [0.5, 0.6) is 0 Å². The third kappa shape index (κ3) is 3.19. The Bertz CT molecular complexity index is 354. The maximum absolute atomic E-state index is 5.58. The lowest BCUT2D eigenvalue weighted by molar-refractivity contribution is 0.355. The Kier molecular flexibility index (Phi) is 4.00. The summed E-state index contributed by atoms with van der Waals surface area (Å²) in [6, 6.07) is 6.27. The highest BCUT2D eigenvalue weighted by Gasteiger charge is 2.22. The molecule has 3 nitrogen and oxygen atoms in total. The highest BCUT2D eigenvalue weighted by atomic mass is 15.2. The Morgan fingerprint density at radius 2 is 2.00 bits per heavy atom. The molecule has 2 atom stereocenters. The topological polar surface area (TPSA) is 42.1 Å². The molecule has 1 saturated heterocycles. The standard InChI is InChI=1S/C14H23N3/c1-11-8-12(2)10-17(9-11)14-5-3-4-13(16-14)6-7-15/h3-5,11-12H,6-10,15H2,1-2H3. The number of aromatic nitrogens is 1. The van der Waals surface area contributed by atoms with Gasteiger partial charge in [0.15, 0.2) is 0 Å². The predicted octanol–water partition coefficient (Wildman–Crippen LogP) is 2.07. The van der Waals surface area contributed by atoms with Gasteiger partial charge >= 0.3 is 0 Å². The molecule has 2 rings (SSSR count). The molecule has 17 heavy (non-hydrogen) atoms. The molecule has 1 aromatic rings. The fourth-order valence-electron chi connectivity index (χ4n) is 2.78. The summed E-state index contributed by atoms with van der Waals surface area (Å²) in [6.07, 6.45) is 2.20. The first-order chi connectivity index (χ1) is 8.19. The number of rotatable bonds is 3. The number of nitrogens with two attached hydrogens (primary N) is 1. The molecular weight excluding hydrogens is 210 g/mol. The van der Waals surface area contributed by atoms with Gasteiger partial charge in [-0.05, 0) is 36.9 Å². The van der Waals surface area contributed by atoms with E-state index in [2.05, 4.69) is 36.9 Å². The van der Waals surface area contributed by atoms with Gasteiger partial charge in [0.2, 0.25) is 0 Å². The van der Waals surface area contributed by atoms with Gasteiger partial charge in [0.05, 0.1) is 0 Å². The van der Waals surface area contributed by atoms with Gasteiger partial charge in [-0.2, -0.15) is 0 Å². The van der Waals surface area contributed by atoms with E-state index >= 15 is 0 Å². The molecule has 1 aliphatic heterocycles. The van der Waals surface area contributed by atoms with Gasteiger partial charge in [-0.3, -0.25) is 0 Å². The average Bonchev–Trinajstić information content (AvgIpc) is 2.28. The van der Waals surface area contributed by atoms with E-state index in [1.165, 1.54) is 6.42 Å². The summed E-state index contributed by atoms with van der Waals surface area (Å²) in [5.74, 6) is 2.65. The van der Waals surface area contributed by atoms with Crippen molar-refractivity contribution < 1.29 is 0 Å². The van der Waals surface area contributed by atoms with Crippen LogP contribution in [0.3, 0.4) is 0 Å². The highest BCUT2D eigenvalue weighted by molar-refractivity contribution is 5.40. The molecule has 0 aromatic carbocycles. The van der Waals surface area contributed by atoms with E-state index in [0.717, 1.165) is 42.9 Å². The molecule has 2 N–H and O–H groups in total. The zero-order valence-corrected chi connectivity index (χ0v) is 10.9. The first kappa shape index (κ1) is 12.4. The van der Waals surface area contributed by atoms with Gasteiger partial charge < -0.3 is 10.6 Å². The van der Waals surface area contributed by atoms with Crippen molar-refractivity contribution >= 4 is 5.82 Å². The van der Waals surface area contributed by atoms with Gasteiger partial charge in [-0.15, -0.1) is 0 Å². The van der Waals surface area contributed by atoms with Crippen LogP contribution in [0.1, 0.15) is 26.0 Å². The molecular formula is C14H23N3. The average molecular weight is 233 g/mol. The number of piperidine rings is 1. The normalized spacial score (nSPS) is 25.0. The summed E-state index contributed by atoms with van der Waals surface area (Å²) >= 11 is 0. The summed E-state index contributed by atoms with van der Waals surface area (Å²) < 4.78 is 0. The molecule has 0 radical (unpaired) electrons. The smallest absolute Gasteiger partial charge is 0.128 e. The Balaban J connectivity index is 2.12. The van der Waals surface area contributed by atoms with Crippen LogP contribution < -0.4 is 10.6 Å². The second-order valence-electron chi connectivity index (χ2n) is 5.38. The Morgan fingerprint density at radius 3 is 2.65 bits per heavy atom. The summed E-state index contributed by atoms with van der Waals surface area (Å²) in [4.78, 5) is 7.12. The van der Waals surface area contributed by atoms with Crippen LogP contribution in [0.15, 0.2) is 18.2 Å². The second kappa shape index (κ2) is 5.50. The lowest BCUT2D eigenvalue weighted by Gasteiger charge is -2.36. The first-order valence-corrected chi connectivity index (χ1v) is 6.60. The van der Waals surface area contributed by atoms with Crippen molar-refractivity contribution in [2.75, 3.05) is 24.5 Å². The Labute approximate surface area is 104 Å². The fourth-order valence-corrected chi connectivity index (χ4v) is 2.78. The lowest BCUT2D eigenvalue weighted by atomic mass is 9.92. The van der Waals surface area contributed by atoms with E-state index < -0.39 is 0 Å². The van der Waals surface area contributed by atoms with E-state index in [4.69, 9.17) is 10.7 Å². The monoisotopic (exact) mass is 233 g/mol. The van der Waals surface area contributed by atoms with Crippen molar-refractivity contribution in [3.8, 4) is 0 Å². The molecule has 94 valence electrons. The molecule has 1 aliphatic rings. The molecule has 0 amide bonds. The molecule has 1 fully saturated rings. The molecule has 1 aromatic heterocycles. The zero-order chi connectivity index (χ0) is 12.3. The largest absolute Gasteiger partial charge is 0.356 e. The highest BCUT2D eigenvalue weighted by Crippen LogP contribution is 2.25. The molecule has 0 aliphatic carbocycles. The second-order valence-corrected chi connectivity index (χ2v) is 5.38. The van der Waals surface area contributed by atoms with Crippen molar-refractivity contribution in [3.05, 3.63) is 23.9 Å². The van der Waals surface area contributed by atoms with Gasteiger partial charge in [0.1, 0.15) is 5.82 Å². The first-order valence-electron chi connectivity index (χ1n) is 6.60. The maximum atomic E-state index is 5.58. The molecule has 2 unspecified atom stereocenters. The predicted molar refractivity (Wildman–Crippen MR) is 72.2 cm³/mol. The molecule has 2 heterocycles. The Hall–Kier alpha value is -1.09. The maximum Gasteiger partial charge on any atom is 0.128 e. The molecule has 0 saturated carbocycles. The summed E-state index contributed by atoms with van der Waals surface area (Å²) in [6.45, 7) is 7.58. The van der Waals surface area contributed by atoms with E-state index in [1.807, 2.05) is 0 Å². The van der Waals surface area contributed by atoms with Crippen LogP contribution in [-0.2, 0) is 6.42 Å². The molecule has 3 heteroatoms. The third-order valence-corrected chi connectivity index (χ3v) is 3.39. The van der Waals surface area contributed by atoms with Crippen molar-refractivity contribution in [1.82, 2.24) is 4.98 Å². The minimum atomic E-state index is 0.670. The number of pyridine rings is 1. The van der Waals surface area contributed by atoms with E-state index in [-0.39, 0.29) is 0 Å². The third-order valence-electron chi connectivity index (χ3n) is 3.39. The lowest BCUT2D eigenvalue weighted by Crippen LogP contribution is -2.39. The zero-order valence-electron chi connectivity index (χ0n) is 10.9. The summed E-state index contributed by atoms with van der Waals surface area (Å²) in [5, 5.41) is 0. The minimum Gasteiger partial charge on any atom is -0.356 e. The van der Waals surface area contributed by atoms with Crippen LogP contribution in [-0.4, -0.2) is 24.6 Å². The summed E-state index contributed by atoms with van der Waals surface area (Å²) in [7, 11) is 0. The van der Waals surface area contributed by atoms with Crippen molar-refractivity contribution in [2.45, 2.75) is 26.7 Å². The molecule has 0 spiro atoms. The number of hydrogen-bond acceptors (Lipinski definition) is 3. The van der Waals surface area contributed by atoms with Gasteiger partial charge in [-0.25, -0.2) is 4.98 Å². The number of nitrogens with zero attached hydrogens (tertiary/aromatic N) is 2. The van der Waals surface area contributed by atoms with E-state index in [9.17, 15) is 0 Å². The van der Waals surface area contributed by atoms with Crippen molar-refractivity contribution in [2.24, 2.45) is 17.6 Å². The van der Waals surface area contributed by atoms with Gasteiger partial charge in [0, 0.05) is 25.2 Å². The summed E-state index contributed by atoms with van der Waals surface area (Å²) in [5.41, 5.74) is 6.69. The quantitative estimate of drug-likeness (QED) is 0.869. The van der Waals surface area contributed by atoms with Crippen LogP contribution in [0.2, 0.25) is 0 Å². The fraction of sp³-hybridized carbons (Fsp3) is 0.643. The van der Waals surface area contributed by atoms with Crippen LogP contribution in [0, 0.1) is 11.8 Å². The van der Waals surface area contributed by atoms with Crippen LogP contribution >= 0.6 is 0 Å². The SMILES string of the molecule is CC1CC(C)CN(c2cccc(CCN)n2)C1. The van der Waals surface area contributed by atoms with E-state index in [1.54, 1.807) is 0 Å². The number of anilines is 1. The molecule has 0 bridgehead atoms. The van der Waals surface area contributed by atoms with Gasteiger partial charge in [-0.1, -0.05) is 19.9 Å². The van der Waals surface area contributed by atoms with Crippen LogP contribution in [0.4, 0.5) is 5.82 Å². The minimum absolute atomic E-state index is 0.670. The van der Waals surface area contributed by atoms with Crippen molar-refractivity contribution in [3.63, 3.8) is 0 Å². The van der Waals surface area contributed by atoms with E-state index in [0.29, 0.717) is 6.54 Å². The Morgan fingerprint density at radius 1 is 1.29 bits per heavy atom. The van der Waals surface area contributed by atoms with Crippen LogP contribution in [0.25, 0.3) is 0 Å². The number of hydrogen-bond donors (Lipinski definition) is 1. The van der Waals surface area contributed by atoms with Crippen molar-refractivity contribution in [1.29, 1.82) is 0 Å². The van der Waals surface area contributed by atoms with Gasteiger partial charge in [0.25, 0.3) is 0 Å².